The van der Waals surface area contributed by atoms with Crippen LogP contribution < -0.4 is 15.1 Å². The Morgan fingerprint density at radius 3 is 2.65 bits per heavy atom. The van der Waals surface area contributed by atoms with E-state index in [0.717, 1.165) is 5.69 Å². The molecule has 1 atom stereocenters. The molecule has 31 heavy (non-hydrogen) atoms. The van der Waals surface area contributed by atoms with Crippen molar-refractivity contribution in [1.82, 2.24) is 5.32 Å². The molecule has 0 aliphatic carbocycles. The lowest BCUT2D eigenvalue weighted by molar-refractivity contribution is -0.125. The molecule has 166 valence electrons. The van der Waals surface area contributed by atoms with Crippen LogP contribution in [0.1, 0.15) is 16.6 Å². The van der Waals surface area contributed by atoms with Crippen LogP contribution in [-0.2, 0) is 14.3 Å². The van der Waals surface area contributed by atoms with Crippen molar-refractivity contribution in [3.05, 3.63) is 45.6 Å². The number of anilines is 2. The minimum Gasteiger partial charge on any atom is -0.452 e. The molecule has 1 aliphatic rings. The van der Waals surface area contributed by atoms with Gasteiger partial charge in [-0.15, -0.1) is 11.3 Å². The molecular weight excluding hydrogens is 442 g/mol. The maximum absolute atomic E-state index is 12.4. The van der Waals surface area contributed by atoms with E-state index < -0.39 is 6.09 Å². The van der Waals surface area contributed by atoms with Crippen LogP contribution in [0.5, 0.6) is 0 Å². The highest BCUT2D eigenvalue weighted by atomic mass is 35.5. The third-order valence-electron chi connectivity index (χ3n) is 4.76. The van der Waals surface area contributed by atoms with Crippen LogP contribution in [0.3, 0.4) is 0 Å². The quantitative estimate of drug-likeness (QED) is 0.677. The minimum absolute atomic E-state index is 0.0426. The van der Waals surface area contributed by atoms with Gasteiger partial charge in [0.1, 0.15) is 6.61 Å². The van der Waals surface area contributed by atoms with Crippen molar-refractivity contribution in [3.63, 3.8) is 0 Å². The fourth-order valence-corrected chi connectivity index (χ4v) is 4.13. The monoisotopic (exact) mass is 465 g/mol. The first-order chi connectivity index (χ1) is 14.9. The van der Waals surface area contributed by atoms with E-state index in [1.807, 2.05) is 6.92 Å². The predicted molar refractivity (Wildman–Crippen MR) is 120 cm³/mol. The minimum atomic E-state index is -0.501. The number of methoxy groups -OCH3 is 1. The fourth-order valence-electron chi connectivity index (χ4n) is 3.17. The maximum atomic E-state index is 12.4. The van der Waals surface area contributed by atoms with Crippen molar-refractivity contribution in [2.45, 2.75) is 6.92 Å². The van der Waals surface area contributed by atoms with Gasteiger partial charge < -0.3 is 19.7 Å². The van der Waals surface area contributed by atoms with E-state index in [2.05, 4.69) is 5.32 Å². The number of morpholine rings is 1. The van der Waals surface area contributed by atoms with E-state index in [4.69, 9.17) is 21.1 Å². The van der Waals surface area contributed by atoms with Gasteiger partial charge in [-0.25, -0.2) is 4.79 Å². The number of amides is 3. The number of nitrogens with zero attached hydrogens (tertiary/aromatic N) is 2. The van der Waals surface area contributed by atoms with Crippen LogP contribution in [0.2, 0.25) is 4.34 Å². The first-order valence-corrected chi connectivity index (χ1v) is 11.0. The summed E-state index contributed by atoms with van der Waals surface area (Å²) >= 11 is 7.09. The number of thiophene rings is 1. The summed E-state index contributed by atoms with van der Waals surface area (Å²) in [6, 6.07) is 10.5. The molecule has 1 saturated heterocycles. The molecular formula is C21H24ClN3O5S. The summed E-state index contributed by atoms with van der Waals surface area (Å²) in [5, 5.41) is 2.86. The van der Waals surface area contributed by atoms with E-state index >= 15 is 0 Å². The number of carbonyl (C=O) groups excluding carboxylic acids is 3. The van der Waals surface area contributed by atoms with Gasteiger partial charge in [-0.2, -0.15) is 0 Å². The Bertz CT molecular complexity index is 933. The van der Waals surface area contributed by atoms with E-state index in [0.29, 0.717) is 41.1 Å². The Morgan fingerprint density at radius 1 is 1.29 bits per heavy atom. The number of hydrogen-bond donors (Lipinski definition) is 1. The molecule has 2 heterocycles. The second-order valence-corrected chi connectivity index (χ2v) is 8.83. The average molecular weight is 466 g/mol. The fraction of sp³-hybridized carbons (Fsp3) is 0.381. The Labute approximate surface area is 189 Å². The molecule has 3 rings (SSSR count). The number of hydrogen-bond acceptors (Lipinski definition) is 6. The average Bonchev–Trinajstić information content (AvgIpc) is 3.22. The first kappa shape index (κ1) is 23.1. The summed E-state index contributed by atoms with van der Waals surface area (Å²) in [5.41, 5.74) is 1.39. The molecule has 0 saturated carbocycles. The van der Waals surface area contributed by atoms with Crippen LogP contribution in [0, 0.1) is 5.92 Å². The van der Waals surface area contributed by atoms with Crippen molar-refractivity contribution in [1.29, 1.82) is 0 Å². The molecule has 1 aromatic heterocycles. The van der Waals surface area contributed by atoms with Crippen LogP contribution >= 0.6 is 22.9 Å². The smallest absolute Gasteiger partial charge is 0.414 e. The van der Waals surface area contributed by atoms with Gasteiger partial charge in [-0.05, 0) is 42.3 Å². The Kier molecular flexibility index (Phi) is 7.89. The van der Waals surface area contributed by atoms with Crippen LogP contribution in [0.15, 0.2) is 36.4 Å². The molecule has 1 N–H and O–H groups in total. The zero-order valence-electron chi connectivity index (χ0n) is 17.3. The number of carbonyl (C=O) groups is 3. The molecule has 1 fully saturated rings. The molecule has 1 aromatic carbocycles. The molecule has 0 unspecified atom stereocenters. The van der Waals surface area contributed by atoms with Gasteiger partial charge in [0.2, 0.25) is 0 Å². The highest BCUT2D eigenvalue weighted by molar-refractivity contribution is 7.18. The molecule has 3 amide bonds. The highest BCUT2D eigenvalue weighted by Crippen LogP contribution is 2.24. The van der Waals surface area contributed by atoms with Crippen molar-refractivity contribution in [2.24, 2.45) is 5.92 Å². The van der Waals surface area contributed by atoms with Crippen molar-refractivity contribution < 1.29 is 23.9 Å². The number of halogens is 1. The maximum Gasteiger partial charge on any atom is 0.414 e. The third-order valence-corrected chi connectivity index (χ3v) is 5.99. The van der Waals surface area contributed by atoms with Crippen molar-refractivity contribution in [3.8, 4) is 0 Å². The summed E-state index contributed by atoms with van der Waals surface area (Å²) in [5.74, 6) is -0.341. The van der Waals surface area contributed by atoms with Gasteiger partial charge >= 0.3 is 6.09 Å². The second-order valence-electron chi connectivity index (χ2n) is 7.11. The van der Waals surface area contributed by atoms with Crippen LogP contribution in [0.25, 0.3) is 0 Å². The normalized spacial score (nSPS) is 14.8. The van der Waals surface area contributed by atoms with Gasteiger partial charge in [0, 0.05) is 31.0 Å². The van der Waals surface area contributed by atoms with E-state index in [9.17, 15) is 14.4 Å². The zero-order chi connectivity index (χ0) is 22.4. The number of rotatable bonds is 7. The predicted octanol–water partition coefficient (Wildman–Crippen LogP) is 3.40. The standard InChI is InChI=1S/C21H24ClN3O5S/c1-14(11-23-20(27)17-7-8-18(22)31-17)12-25(21(28)29-2)16-5-3-15(4-6-16)24-9-10-30-13-19(24)26/h3-8,14H,9-13H2,1-2H3,(H,23,27)/t14-/m0/s1. The largest absolute Gasteiger partial charge is 0.452 e. The Morgan fingerprint density at radius 2 is 2.03 bits per heavy atom. The first-order valence-electron chi connectivity index (χ1n) is 9.76. The third kappa shape index (κ3) is 5.96. The van der Waals surface area contributed by atoms with Gasteiger partial charge in [-0.3, -0.25) is 14.5 Å². The Balaban J connectivity index is 1.63. The van der Waals surface area contributed by atoms with E-state index in [-0.39, 0.29) is 24.3 Å². The van der Waals surface area contributed by atoms with Crippen LogP contribution in [-0.4, -0.2) is 57.9 Å². The topological polar surface area (TPSA) is 88.2 Å². The summed E-state index contributed by atoms with van der Waals surface area (Å²) in [6.45, 7) is 3.69. The molecule has 0 bridgehead atoms. The SMILES string of the molecule is COC(=O)N(C[C@@H](C)CNC(=O)c1ccc(Cl)s1)c1ccc(N2CCOCC2=O)cc1. The lowest BCUT2D eigenvalue weighted by Crippen LogP contribution is -2.41. The van der Waals surface area contributed by atoms with E-state index in [1.54, 1.807) is 41.3 Å². The van der Waals surface area contributed by atoms with Gasteiger partial charge in [0.15, 0.2) is 0 Å². The number of nitrogens with one attached hydrogen (secondary N) is 1. The molecule has 10 heteroatoms. The molecule has 8 nitrogen and oxygen atoms in total. The van der Waals surface area contributed by atoms with Crippen molar-refractivity contribution in [2.75, 3.05) is 49.8 Å². The molecule has 2 aromatic rings. The molecule has 1 aliphatic heterocycles. The number of benzene rings is 1. The zero-order valence-corrected chi connectivity index (χ0v) is 18.9. The van der Waals surface area contributed by atoms with Crippen LogP contribution in [0.4, 0.5) is 16.2 Å². The lowest BCUT2D eigenvalue weighted by atomic mass is 10.1. The lowest BCUT2D eigenvalue weighted by Gasteiger charge is -2.28. The molecule has 0 spiro atoms. The summed E-state index contributed by atoms with van der Waals surface area (Å²) in [6.07, 6.45) is -0.501. The number of ether oxygens (including phenoxy) is 2. The van der Waals surface area contributed by atoms with Crippen molar-refractivity contribution >= 4 is 52.2 Å². The summed E-state index contributed by atoms with van der Waals surface area (Å²) in [4.78, 5) is 40.3. The highest BCUT2D eigenvalue weighted by Gasteiger charge is 2.23. The summed E-state index contributed by atoms with van der Waals surface area (Å²) < 4.78 is 10.6. The van der Waals surface area contributed by atoms with Gasteiger partial charge in [0.05, 0.1) is 22.9 Å². The summed E-state index contributed by atoms with van der Waals surface area (Å²) in [7, 11) is 1.32. The van der Waals surface area contributed by atoms with Gasteiger partial charge in [-0.1, -0.05) is 18.5 Å². The van der Waals surface area contributed by atoms with E-state index in [1.165, 1.54) is 23.3 Å². The van der Waals surface area contributed by atoms with Gasteiger partial charge in [0.25, 0.3) is 11.8 Å². The molecule has 0 radical (unpaired) electrons. The Hall–Kier alpha value is -2.62. The second kappa shape index (κ2) is 10.6.